The molecule has 1 aliphatic heterocycles. The lowest BCUT2D eigenvalue weighted by Gasteiger charge is -2.22. The van der Waals surface area contributed by atoms with E-state index in [0.29, 0.717) is 6.04 Å². The van der Waals surface area contributed by atoms with Crippen LogP contribution < -0.4 is 20.3 Å². The topological polar surface area (TPSA) is 61.8 Å². The zero-order chi connectivity index (χ0) is 18.5. The fraction of sp³-hybridized carbons (Fsp3) is 0.444. The number of nitrogens with zero attached hydrogens (tertiary/aromatic N) is 3. The summed E-state index contributed by atoms with van der Waals surface area (Å²) < 4.78 is 5.48. The number of hydrogen-bond donors (Lipinski definition) is 2. The van der Waals surface area contributed by atoms with Crippen LogP contribution in [0.25, 0.3) is 0 Å². The van der Waals surface area contributed by atoms with E-state index in [4.69, 9.17) is 16.3 Å². The first-order valence-corrected chi connectivity index (χ1v) is 9.75. The highest BCUT2D eigenvalue weighted by atomic mass is 127. The first kappa shape index (κ1) is 22.0. The van der Waals surface area contributed by atoms with Crippen molar-refractivity contribution in [1.82, 2.24) is 15.6 Å². The van der Waals surface area contributed by atoms with Crippen molar-refractivity contribution in [2.45, 2.75) is 25.9 Å². The highest BCUT2D eigenvalue weighted by molar-refractivity contribution is 14.0. The van der Waals surface area contributed by atoms with Gasteiger partial charge in [-0.2, -0.15) is 0 Å². The monoisotopic (exact) mass is 521 g/mol. The van der Waals surface area contributed by atoms with Crippen molar-refractivity contribution in [1.29, 1.82) is 0 Å². The van der Waals surface area contributed by atoms with Gasteiger partial charge in [-0.3, -0.25) is 4.99 Å². The predicted molar refractivity (Wildman–Crippen MR) is 124 cm³/mol. The summed E-state index contributed by atoms with van der Waals surface area (Å²) in [6.45, 7) is 4.55. The van der Waals surface area contributed by atoms with Gasteiger partial charge in [0.1, 0.15) is 5.75 Å². The maximum atomic E-state index is 6.17. The van der Waals surface area contributed by atoms with Gasteiger partial charge in [0.15, 0.2) is 5.96 Å². The molecule has 2 heterocycles. The number of ether oxygens (including phenoxy) is 1. The Hall–Kier alpha value is -1.26. The van der Waals surface area contributed by atoms with Crippen LogP contribution in [0.5, 0.6) is 5.75 Å². The Kier molecular flexibility index (Phi) is 8.43. The molecule has 1 atom stereocenters. The van der Waals surface area contributed by atoms with Gasteiger partial charge < -0.3 is 20.3 Å². The summed E-state index contributed by atoms with van der Waals surface area (Å²) in [6, 6.07) is 6.04. The summed E-state index contributed by atoms with van der Waals surface area (Å²) in [6.07, 6.45) is 2.93. The number of nitrogens with one attached hydrogen (secondary N) is 2. The number of methoxy groups -OCH3 is 1. The minimum atomic E-state index is 0. The molecule has 0 bridgehead atoms. The molecule has 1 aromatic heterocycles. The second-order valence-corrected chi connectivity index (χ2v) is 7.92. The van der Waals surface area contributed by atoms with Gasteiger partial charge in [0.2, 0.25) is 0 Å². The molecule has 1 saturated heterocycles. The smallest absolute Gasteiger partial charge is 0.191 e. The van der Waals surface area contributed by atoms with E-state index in [9.17, 15) is 0 Å². The summed E-state index contributed by atoms with van der Waals surface area (Å²) in [5.41, 5.74) is 1.03. The highest BCUT2D eigenvalue weighted by Gasteiger charge is 2.25. The summed E-state index contributed by atoms with van der Waals surface area (Å²) in [5.74, 6) is 1.65. The van der Waals surface area contributed by atoms with E-state index in [2.05, 4.69) is 25.5 Å². The van der Waals surface area contributed by atoms with E-state index in [0.717, 1.165) is 53.5 Å². The molecule has 0 amide bonds. The van der Waals surface area contributed by atoms with Gasteiger partial charge in [0.25, 0.3) is 0 Å². The van der Waals surface area contributed by atoms with Crippen molar-refractivity contribution in [3.63, 3.8) is 0 Å². The average Bonchev–Trinajstić information content (AvgIpc) is 3.27. The molecular formula is C18H25ClIN5OS. The van der Waals surface area contributed by atoms with Crippen molar-refractivity contribution in [3.05, 3.63) is 39.3 Å². The Bertz CT molecular complexity index is 785. The normalized spacial score (nSPS) is 16.8. The number of rotatable bonds is 5. The zero-order valence-corrected chi connectivity index (χ0v) is 19.6. The minimum Gasteiger partial charge on any atom is -0.495 e. The minimum absolute atomic E-state index is 0. The van der Waals surface area contributed by atoms with Gasteiger partial charge in [-0.05, 0) is 31.5 Å². The summed E-state index contributed by atoms with van der Waals surface area (Å²) in [7, 11) is 3.48. The van der Waals surface area contributed by atoms with Crippen molar-refractivity contribution in [2.75, 3.05) is 32.1 Å². The molecule has 0 saturated carbocycles. The number of aliphatic imine (C=N–C) groups is 1. The molecule has 9 heteroatoms. The maximum Gasteiger partial charge on any atom is 0.191 e. The van der Waals surface area contributed by atoms with E-state index in [1.54, 1.807) is 25.5 Å². The summed E-state index contributed by atoms with van der Waals surface area (Å²) in [4.78, 5) is 12.1. The van der Waals surface area contributed by atoms with Crippen molar-refractivity contribution in [2.24, 2.45) is 4.99 Å². The third kappa shape index (κ3) is 5.86. The van der Waals surface area contributed by atoms with Crippen LogP contribution in [0, 0.1) is 6.92 Å². The van der Waals surface area contributed by atoms with E-state index >= 15 is 0 Å². The lowest BCUT2D eigenvalue weighted by atomic mass is 10.2. The molecule has 6 nitrogen and oxygen atoms in total. The first-order valence-electron chi connectivity index (χ1n) is 8.56. The standard InChI is InChI=1S/C18H24ClN5OS.HI/c1-12-21-9-15(26-12)10-22-18(20-2)23-14-6-7-24(11-14)16-8-13(19)4-5-17(16)25-3;/h4-5,8-9,14H,6-7,10-11H2,1-3H3,(H2,20,22,23);1H. The van der Waals surface area contributed by atoms with Crippen molar-refractivity contribution >= 4 is 58.6 Å². The Morgan fingerprint density at radius 2 is 2.30 bits per heavy atom. The predicted octanol–water partition coefficient (Wildman–Crippen LogP) is 3.68. The summed E-state index contributed by atoms with van der Waals surface area (Å²) >= 11 is 7.86. The molecule has 1 aromatic carbocycles. The van der Waals surface area contributed by atoms with Gasteiger partial charge >= 0.3 is 0 Å². The van der Waals surface area contributed by atoms with Crippen LogP contribution in [0.2, 0.25) is 5.02 Å². The highest BCUT2D eigenvalue weighted by Crippen LogP contribution is 2.33. The van der Waals surface area contributed by atoms with Crippen LogP contribution in [-0.4, -0.2) is 44.2 Å². The van der Waals surface area contributed by atoms with Gasteiger partial charge in [-0.25, -0.2) is 4.98 Å². The molecule has 1 aliphatic rings. The lowest BCUT2D eigenvalue weighted by molar-refractivity contribution is 0.415. The molecule has 27 heavy (non-hydrogen) atoms. The Morgan fingerprint density at radius 1 is 1.48 bits per heavy atom. The van der Waals surface area contributed by atoms with E-state index in [1.807, 2.05) is 31.3 Å². The van der Waals surface area contributed by atoms with Crippen LogP contribution in [0.15, 0.2) is 29.4 Å². The molecule has 0 radical (unpaired) electrons. The van der Waals surface area contributed by atoms with Gasteiger partial charge in [0, 0.05) is 42.3 Å². The van der Waals surface area contributed by atoms with E-state index < -0.39 is 0 Å². The third-order valence-electron chi connectivity index (χ3n) is 4.33. The van der Waals surface area contributed by atoms with Crippen molar-refractivity contribution in [3.8, 4) is 5.75 Å². The number of hydrogen-bond acceptors (Lipinski definition) is 5. The largest absolute Gasteiger partial charge is 0.495 e. The van der Waals surface area contributed by atoms with Crippen LogP contribution in [0.3, 0.4) is 0 Å². The molecule has 2 aromatic rings. The van der Waals surface area contributed by atoms with Gasteiger partial charge in [0.05, 0.1) is 24.3 Å². The number of benzene rings is 1. The first-order chi connectivity index (χ1) is 12.6. The maximum absolute atomic E-state index is 6.17. The zero-order valence-electron chi connectivity index (χ0n) is 15.7. The Morgan fingerprint density at radius 3 is 2.96 bits per heavy atom. The lowest BCUT2D eigenvalue weighted by Crippen LogP contribution is -2.44. The van der Waals surface area contributed by atoms with E-state index in [-0.39, 0.29) is 24.0 Å². The van der Waals surface area contributed by atoms with Crippen LogP contribution >= 0.6 is 46.9 Å². The molecule has 0 spiro atoms. The number of halogens is 2. The van der Waals surface area contributed by atoms with E-state index in [1.165, 1.54) is 4.88 Å². The molecule has 0 aliphatic carbocycles. The second kappa shape index (κ2) is 10.3. The average molecular weight is 522 g/mol. The van der Waals surface area contributed by atoms with Gasteiger partial charge in [-0.15, -0.1) is 35.3 Å². The SMILES string of the molecule is CN=C(NCc1cnc(C)s1)NC1CCN(c2cc(Cl)ccc2OC)C1.I. The second-order valence-electron chi connectivity index (χ2n) is 6.16. The number of aromatic nitrogens is 1. The molecule has 3 rings (SSSR count). The van der Waals surface area contributed by atoms with Crippen LogP contribution in [0.4, 0.5) is 5.69 Å². The third-order valence-corrected chi connectivity index (χ3v) is 5.48. The number of aryl methyl sites for hydroxylation is 1. The number of anilines is 1. The van der Waals surface area contributed by atoms with Crippen LogP contribution in [-0.2, 0) is 6.54 Å². The van der Waals surface area contributed by atoms with Crippen molar-refractivity contribution < 1.29 is 4.74 Å². The quantitative estimate of drug-likeness (QED) is 0.357. The summed E-state index contributed by atoms with van der Waals surface area (Å²) in [5, 5.41) is 8.65. The van der Waals surface area contributed by atoms with Gasteiger partial charge in [-0.1, -0.05) is 11.6 Å². The molecule has 1 unspecified atom stereocenters. The molecular weight excluding hydrogens is 497 g/mol. The van der Waals surface area contributed by atoms with Crippen LogP contribution in [0.1, 0.15) is 16.3 Å². The Balaban J connectivity index is 0.00000261. The molecule has 1 fully saturated rings. The number of thiazole rings is 1. The number of guanidine groups is 1. The fourth-order valence-corrected chi connectivity index (χ4v) is 3.95. The fourth-order valence-electron chi connectivity index (χ4n) is 3.05. The Labute approximate surface area is 186 Å². The molecule has 148 valence electrons. The molecule has 2 N–H and O–H groups in total.